The Balaban J connectivity index is 2.67. The van der Waals surface area contributed by atoms with E-state index in [9.17, 15) is 0 Å². The Morgan fingerprint density at radius 2 is 2.14 bits per heavy atom. The highest BCUT2D eigenvalue weighted by molar-refractivity contribution is 5.33. The molecule has 2 nitrogen and oxygen atoms in total. The van der Waals surface area contributed by atoms with Crippen LogP contribution in [0.5, 0.6) is 5.75 Å². The molecule has 0 atom stereocenters. The number of hydrogen-bond acceptors (Lipinski definition) is 2. The third-order valence-corrected chi connectivity index (χ3v) is 2.10. The van der Waals surface area contributed by atoms with Gasteiger partial charge >= 0.3 is 0 Å². The van der Waals surface area contributed by atoms with Crippen molar-refractivity contribution in [3.8, 4) is 11.8 Å². The molecule has 0 spiro atoms. The van der Waals surface area contributed by atoms with Crippen LogP contribution in [0.3, 0.4) is 0 Å². The minimum Gasteiger partial charge on any atom is -0.497 e. The monoisotopic (exact) mass is 189 g/mol. The van der Waals surface area contributed by atoms with E-state index in [1.54, 1.807) is 7.11 Å². The fourth-order valence-corrected chi connectivity index (χ4v) is 1.46. The Morgan fingerprint density at radius 1 is 1.36 bits per heavy atom. The van der Waals surface area contributed by atoms with Crippen LogP contribution in [0.25, 0.3) is 0 Å². The lowest BCUT2D eigenvalue weighted by atomic mass is 10.1. The molecule has 1 aromatic carbocycles. The minimum atomic E-state index is 0.621. The number of benzene rings is 1. The zero-order valence-electron chi connectivity index (χ0n) is 8.71. The van der Waals surface area contributed by atoms with E-state index >= 15 is 0 Å². The van der Waals surface area contributed by atoms with Crippen LogP contribution in [0.1, 0.15) is 24.0 Å². The zero-order valence-corrected chi connectivity index (χ0v) is 8.71. The van der Waals surface area contributed by atoms with Crippen molar-refractivity contribution in [3.05, 3.63) is 29.3 Å². The molecule has 0 aromatic heterocycles. The molecule has 0 radical (unpaired) electrons. The second-order valence-electron chi connectivity index (χ2n) is 3.37. The molecule has 1 aromatic rings. The normalized spacial score (nSPS) is 9.50. The van der Waals surface area contributed by atoms with Crippen LogP contribution in [0.2, 0.25) is 0 Å². The van der Waals surface area contributed by atoms with E-state index in [4.69, 9.17) is 10.00 Å². The van der Waals surface area contributed by atoms with Crippen LogP contribution in [0, 0.1) is 18.3 Å². The van der Waals surface area contributed by atoms with Gasteiger partial charge in [-0.2, -0.15) is 5.26 Å². The van der Waals surface area contributed by atoms with Gasteiger partial charge in [-0.3, -0.25) is 0 Å². The lowest BCUT2D eigenvalue weighted by Gasteiger charge is -2.05. The molecule has 0 amide bonds. The molecule has 0 bridgehead atoms. The molecule has 0 aliphatic rings. The first-order chi connectivity index (χ1) is 6.76. The quantitative estimate of drug-likeness (QED) is 0.682. The fourth-order valence-electron chi connectivity index (χ4n) is 1.46. The van der Waals surface area contributed by atoms with Crippen LogP contribution in [-0.2, 0) is 6.42 Å². The number of ether oxygens (including phenoxy) is 1. The highest BCUT2D eigenvalue weighted by Crippen LogP contribution is 2.17. The fraction of sp³-hybridized carbons (Fsp3) is 0.417. The number of nitrogens with zero attached hydrogens (tertiary/aromatic N) is 1. The Labute approximate surface area is 85.1 Å². The first kappa shape index (κ1) is 10.6. The Morgan fingerprint density at radius 3 is 2.79 bits per heavy atom. The summed E-state index contributed by atoms with van der Waals surface area (Å²) in [6.07, 6.45) is 2.49. The van der Waals surface area contributed by atoms with Crippen LogP contribution in [0.4, 0.5) is 0 Å². The standard InChI is InChI=1S/C12H15NO/c1-10-7-11(5-3-4-6-13)9-12(8-10)14-2/h7-9H,3-5H2,1-2H3. The van der Waals surface area contributed by atoms with E-state index in [1.807, 2.05) is 12.1 Å². The predicted octanol–water partition coefficient (Wildman–Crippen LogP) is 2.85. The maximum atomic E-state index is 8.42. The summed E-state index contributed by atoms with van der Waals surface area (Å²) in [7, 11) is 1.67. The van der Waals surface area contributed by atoms with Gasteiger partial charge in [0.25, 0.3) is 0 Å². The van der Waals surface area contributed by atoms with Crippen LogP contribution >= 0.6 is 0 Å². The second kappa shape index (κ2) is 5.29. The van der Waals surface area contributed by atoms with Crippen molar-refractivity contribution in [3.63, 3.8) is 0 Å². The molecule has 0 heterocycles. The number of hydrogen-bond donors (Lipinski definition) is 0. The van der Waals surface area contributed by atoms with Crippen molar-refractivity contribution in [2.75, 3.05) is 7.11 Å². The van der Waals surface area contributed by atoms with Crippen molar-refractivity contribution in [2.24, 2.45) is 0 Å². The highest BCUT2D eigenvalue weighted by Gasteiger charge is 1.98. The smallest absolute Gasteiger partial charge is 0.119 e. The van der Waals surface area contributed by atoms with Gasteiger partial charge in [-0.25, -0.2) is 0 Å². The van der Waals surface area contributed by atoms with Crippen molar-refractivity contribution >= 4 is 0 Å². The summed E-state index contributed by atoms with van der Waals surface area (Å²) in [5.74, 6) is 0.900. The van der Waals surface area contributed by atoms with Gasteiger partial charge in [0.2, 0.25) is 0 Å². The van der Waals surface area contributed by atoms with E-state index in [1.165, 1.54) is 11.1 Å². The van der Waals surface area contributed by atoms with Crippen molar-refractivity contribution < 1.29 is 4.74 Å². The van der Waals surface area contributed by atoms with Gasteiger partial charge in [0, 0.05) is 6.42 Å². The summed E-state index contributed by atoms with van der Waals surface area (Å²) in [5.41, 5.74) is 2.45. The van der Waals surface area contributed by atoms with E-state index < -0.39 is 0 Å². The van der Waals surface area contributed by atoms with E-state index in [0.717, 1.165) is 18.6 Å². The Hall–Kier alpha value is -1.49. The molecule has 0 fully saturated rings. The Kier molecular flexibility index (Phi) is 4.00. The van der Waals surface area contributed by atoms with Crippen LogP contribution in [0.15, 0.2) is 18.2 Å². The number of unbranched alkanes of at least 4 members (excludes halogenated alkanes) is 1. The largest absolute Gasteiger partial charge is 0.497 e. The summed E-state index contributed by atoms with van der Waals surface area (Å²) in [5, 5.41) is 8.42. The number of methoxy groups -OCH3 is 1. The summed E-state index contributed by atoms with van der Waals surface area (Å²) in [6, 6.07) is 8.33. The molecule has 0 N–H and O–H groups in total. The maximum Gasteiger partial charge on any atom is 0.119 e. The molecular weight excluding hydrogens is 174 g/mol. The summed E-state index contributed by atoms with van der Waals surface area (Å²) >= 11 is 0. The Bertz CT molecular complexity index is 339. The second-order valence-corrected chi connectivity index (χ2v) is 3.37. The molecule has 0 aliphatic carbocycles. The third-order valence-electron chi connectivity index (χ3n) is 2.10. The topological polar surface area (TPSA) is 33.0 Å². The zero-order chi connectivity index (χ0) is 10.4. The van der Waals surface area contributed by atoms with Gasteiger partial charge in [-0.1, -0.05) is 6.07 Å². The third kappa shape index (κ3) is 3.10. The molecule has 1 rings (SSSR count). The minimum absolute atomic E-state index is 0.621. The summed E-state index contributed by atoms with van der Waals surface area (Å²) < 4.78 is 5.18. The van der Waals surface area contributed by atoms with E-state index in [0.29, 0.717) is 6.42 Å². The summed E-state index contributed by atoms with van der Waals surface area (Å²) in [4.78, 5) is 0. The number of nitriles is 1. The van der Waals surface area contributed by atoms with Gasteiger partial charge in [0.15, 0.2) is 0 Å². The molecule has 74 valence electrons. The highest BCUT2D eigenvalue weighted by atomic mass is 16.5. The molecular formula is C12H15NO. The molecule has 0 aliphatic heterocycles. The van der Waals surface area contributed by atoms with E-state index in [-0.39, 0.29) is 0 Å². The van der Waals surface area contributed by atoms with Crippen molar-refractivity contribution in [2.45, 2.75) is 26.2 Å². The first-order valence-corrected chi connectivity index (χ1v) is 4.78. The molecule has 0 saturated heterocycles. The van der Waals surface area contributed by atoms with Crippen molar-refractivity contribution in [1.82, 2.24) is 0 Å². The predicted molar refractivity (Wildman–Crippen MR) is 56.3 cm³/mol. The van der Waals surface area contributed by atoms with Crippen molar-refractivity contribution in [1.29, 1.82) is 5.26 Å². The molecule has 0 saturated carbocycles. The maximum absolute atomic E-state index is 8.42. The van der Waals surface area contributed by atoms with Gasteiger partial charge in [0.05, 0.1) is 13.2 Å². The van der Waals surface area contributed by atoms with Crippen LogP contribution < -0.4 is 4.74 Å². The number of aryl methyl sites for hydroxylation is 2. The molecule has 14 heavy (non-hydrogen) atoms. The van der Waals surface area contributed by atoms with Gasteiger partial charge < -0.3 is 4.74 Å². The SMILES string of the molecule is COc1cc(C)cc(CCCC#N)c1. The van der Waals surface area contributed by atoms with Gasteiger partial charge in [0.1, 0.15) is 5.75 Å². The lowest BCUT2D eigenvalue weighted by Crippen LogP contribution is -1.90. The molecule has 2 heteroatoms. The van der Waals surface area contributed by atoms with Gasteiger partial charge in [-0.15, -0.1) is 0 Å². The first-order valence-electron chi connectivity index (χ1n) is 4.78. The van der Waals surface area contributed by atoms with Gasteiger partial charge in [-0.05, 0) is 43.0 Å². The average molecular weight is 189 g/mol. The summed E-state index contributed by atoms with van der Waals surface area (Å²) in [6.45, 7) is 2.05. The van der Waals surface area contributed by atoms with E-state index in [2.05, 4.69) is 19.1 Å². The molecule has 0 unspecified atom stereocenters. The average Bonchev–Trinajstić information content (AvgIpc) is 2.17. The lowest BCUT2D eigenvalue weighted by molar-refractivity contribution is 0.414. The van der Waals surface area contributed by atoms with Crippen LogP contribution in [-0.4, -0.2) is 7.11 Å². The number of rotatable bonds is 4.